The molecule has 0 fully saturated rings. The van der Waals surface area contributed by atoms with Crippen LogP contribution in [0.4, 0.5) is 0 Å². The van der Waals surface area contributed by atoms with Gasteiger partial charge in [-0.2, -0.15) is 0 Å². The molecule has 1 amide bonds. The summed E-state index contributed by atoms with van der Waals surface area (Å²) in [5, 5.41) is 2.95. The maximum absolute atomic E-state index is 12.5. The molecule has 0 aromatic carbocycles. The first-order valence-electron chi connectivity index (χ1n) is 7.67. The van der Waals surface area contributed by atoms with Gasteiger partial charge in [0.1, 0.15) is 5.82 Å². The molecule has 0 atom stereocenters. The van der Waals surface area contributed by atoms with Crippen LogP contribution < -0.4 is 10.9 Å². The molecule has 2 rings (SSSR count). The van der Waals surface area contributed by atoms with Crippen molar-refractivity contribution in [3.63, 3.8) is 0 Å². The topological polar surface area (TPSA) is 74.8 Å². The lowest BCUT2D eigenvalue weighted by molar-refractivity contribution is 0.0912. The summed E-state index contributed by atoms with van der Waals surface area (Å²) < 4.78 is 0. The molecule has 0 saturated heterocycles. The molecule has 0 aliphatic heterocycles. The number of rotatable bonds is 5. The van der Waals surface area contributed by atoms with Gasteiger partial charge in [0.15, 0.2) is 0 Å². The van der Waals surface area contributed by atoms with E-state index in [0.29, 0.717) is 22.3 Å². The standard InChI is InChI=1S/C17H23N3O2S/c1-10(2)8-12-6-7-13(23-12)15(22)20-17(4,5)16-18-11(3)9-14(21)19-16/h6-7,9-10H,8H2,1-5H3,(H,20,22)(H,18,19,21). The van der Waals surface area contributed by atoms with Gasteiger partial charge in [-0.15, -0.1) is 11.3 Å². The van der Waals surface area contributed by atoms with E-state index < -0.39 is 5.54 Å². The van der Waals surface area contributed by atoms with Gasteiger partial charge < -0.3 is 10.3 Å². The fourth-order valence-electron chi connectivity index (χ4n) is 2.29. The highest BCUT2D eigenvalue weighted by Gasteiger charge is 2.27. The van der Waals surface area contributed by atoms with Gasteiger partial charge in [-0.3, -0.25) is 9.59 Å². The Hall–Kier alpha value is -1.95. The van der Waals surface area contributed by atoms with E-state index in [1.807, 2.05) is 26.0 Å². The Balaban J connectivity index is 2.17. The van der Waals surface area contributed by atoms with E-state index in [4.69, 9.17) is 0 Å². The van der Waals surface area contributed by atoms with Gasteiger partial charge in [0.05, 0.1) is 10.4 Å². The minimum Gasteiger partial charge on any atom is -0.339 e. The number of aromatic amines is 1. The Labute approximate surface area is 140 Å². The molecular formula is C17H23N3O2S. The van der Waals surface area contributed by atoms with Crippen molar-refractivity contribution in [2.45, 2.75) is 46.6 Å². The molecule has 6 heteroatoms. The SMILES string of the molecule is Cc1cc(=O)[nH]c(C(C)(C)NC(=O)c2ccc(CC(C)C)s2)n1. The van der Waals surface area contributed by atoms with Crippen molar-refractivity contribution < 1.29 is 4.79 Å². The number of hydrogen-bond acceptors (Lipinski definition) is 4. The van der Waals surface area contributed by atoms with E-state index in [9.17, 15) is 9.59 Å². The summed E-state index contributed by atoms with van der Waals surface area (Å²) in [6.45, 7) is 9.72. The third-order valence-electron chi connectivity index (χ3n) is 3.38. The predicted molar refractivity (Wildman–Crippen MR) is 92.9 cm³/mol. The zero-order valence-corrected chi connectivity index (χ0v) is 15.0. The van der Waals surface area contributed by atoms with Gasteiger partial charge in [0, 0.05) is 16.6 Å². The smallest absolute Gasteiger partial charge is 0.262 e. The van der Waals surface area contributed by atoms with Crippen molar-refractivity contribution in [1.82, 2.24) is 15.3 Å². The van der Waals surface area contributed by atoms with Crippen LogP contribution in [0.2, 0.25) is 0 Å². The third kappa shape index (κ3) is 4.51. The van der Waals surface area contributed by atoms with Crippen molar-refractivity contribution in [1.29, 1.82) is 0 Å². The lowest BCUT2D eigenvalue weighted by atomic mass is 10.0. The molecule has 0 bridgehead atoms. The van der Waals surface area contributed by atoms with Gasteiger partial charge >= 0.3 is 0 Å². The van der Waals surface area contributed by atoms with Crippen LogP contribution >= 0.6 is 11.3 Å². The number of aryl methyl sites for hydroxylation is 1. The maximum atomic E-state index is 12.5. The maximum Gasteiger partial charge on any atom is 0.262 e. The number of nitrogens with zero attached hydrogens (tertiary/aromatic N) is 1. The number of H-pyrrole nitrogens is 1. The van der Waals surface area contributed by atoms with Crippen LogP contribution in [0, 0.1) is 12.8 Å². The Morgan fingerprint density at radius 1 is 1.39 bits per heavy atom. The first kappa shape index (κ1) is 17.4. The first-order valence-corrected chi connectivity index (χ1v) is 8.48. The molecule has 0 aliphatic rings. The molecule has 5 nitrogen and oxygen atoms in total. The molecule has 124 valence electrons. The van der Waals surface area contributed by atoms with Crippen LogP contribution in [0.3, 0.4) is 0 Å². The second kappa shape index (κ2) is 6.66. The van der Waals surface area contributed by atoms with Gasteiger partial charge in [0.2, 0.25) is 0 Å². The second-order valence-electron chi connectivity index (χ2n) is 6.68. The molecule has 0 unspecified atom stereocenters. The Bertz CT molecular complexity index is 759. The summed E-state index contributed by atoms with van der Waals surface area (Å²) in [7, 11) is 0. The highest BCUT2D eigenvalue weighted by atomic mass is 32.1. The van der Waals surface area contributed by atoms with Gasteiger partial charge in [-0.25, -0.2) is 4.98 Å². The quantitative estimate of drug-likeness (QED) is 0.883. The summed E-state index contributed by atoms with van der Waals surface area (Å²) in [5.41, 5.74) is -0.351. The largest absolute Gasteiger partial charge is 0.339 e. The molecule has 0 aliphatic carbocycles. The number of amides is 1. The van der Waals surface area contributed by atoms with Crippen LogP contribution in [0.5, 0.6) is 0 Å². The van der Waals surface area contributed by atoms with E-state index in [1.165, 1.54) is 22.3 Å². The van der Waals surface area contributed by atoms with Crippen LogP contribution in [-0.2, 0) is 12.0 Å². The molecule has 2 heterocycles. The van der Waals surface area contributed by atoms with Crippen molar-refractivity contribution >= 4 is 17.2 Å². The van der Waals surface area contributed by atoms with Crippen LogP contribution in [-0.4, -0.2) is 15.9 Å². The van der Waals surface area contributed by atoms with Gasteiger partial charge in [0.25, 0.3) is 11.5 Å². The average molecular weight is 333 g/mol. The predicted octanol–water partition coefficient (Wildman–Crippen LogP) is 3.00. The van der Waals surface area contributed by atoms with Crippen molar-refractivity contribution in [3.05, 3.63) is 49.8 Å². The second-order valence-corrected chi connectivity index (χ2v) is 7.85. The highest BCUT2D eigenvalue weighted by molar-refractivity contribution is 7.14. The summed E-state index contributed by atoms with van der Waals surface area (Å²) in [6.07, 6.45) is 0.966. The molecule has 2 aromatic heterocycles. The first-order chi connectivity index (χ1) is 10.7. The zero-order valence-electron chi connectivity index (χ0n) is 14.2. The summed E-state index contributed by atoms with van der Waals surface area (Å²) in [4.78, 5) is 33.0. The van der Waals surface area contributed by atoms with Gasteiger partial charge in [-0.05, 0) is 45.2 Å². The minimum atomic E-state index is -0.759. The molecule has 0 spiro atoms. The summed E-state index contributed by atoms with van der Waals surface area (Å²) in [5.74, 6) is 0.858. The molecular weight excluding hydrogens is 310 g/mol. The van der Waals surface area contributed by atoms with E-state index in [1.54, 1.807) is 6.92 Å². The molecule has 0 saturated carbocycles. The molecule has 2 N–H and O–H groups in total. The van der Waals surface area contributed by atoms with Crippen molar-refractivity contribution in [2.75, 3.05) is 0 Å². The van der Waals surface area contributed by atoms with E-state index >= 15 is 0 Å². The zero-order chi connectivity index (χ0) is 17.2. The van der Waals surface area contributed by atoms with Crippen molar-refractivity contribution in [3.8, 4) is 0 Å². The normalized spacial score (nSPS) is 11.7. The Morgan fingerprint density at radius 3 is 2.70 bits per heavy atom. The van der Waals surface area contributed by atoms with Crippen LogP contribution in [0.1, 0.15) is 53.8 Å². The van der Waals surface area contributed by atoms with Crippen molar-refractivity contribution in [2.24, 2.45) is 5.92 Å². The molecule has 0 radical (unpaired) electrons. The van der Waals surface area contributed by atoms with Gasteiger partial charge in [-0.1, -0.05) is 13.8 Å². The minimum absolute atomic E-state index is 0.154. The number of thiophene rings is 1. The summed E-state index contributed by atoms with van der Waals surface area (Å²) >= 11 is 1.51. The molecule has 23 heavy (non-hydrogen) atoms. The average Bonchev–Trinajstić information content (AvgIpc) is 2.84. The monoisotopic (exact) mass is 333 g/mol. The fraction of sp³-hybridized carbons (Fsp3) is 0.471. The lowest BCUT2D eigenvalue weighted by Gasteiger charge is -2.25. The fourth-order valence-corrected chi connectivity index (χ4v) is 3.41. The van der Waals surface area contributed by atoms with E-state index in [-0.39, 0.29) is 11.5 Å². The number of carbonyl (C=O) groups excluding carboxylic acids is 1. The van der Waals surface area contributed by atoms with E-state index in [0.717, 1.165) is 6.42 Å². The number of aromatic nitrogens is 2. The molecule has 2 aromatic rings. The van der Waals surface area contributed by atoms with E-state index in [2.05, 4.69) is 29.1 Å². The van der Waals surface area contributed by atoms with Crippen LogP contribution in [0.25, 0.3) is 0 Å². The Kier molecular flexibility index (Phi) is 5.04. The Morgan fingerprint density at radius 2 is 2.09 bits per heavy atom. The number of nitrogens with one attached hydrogen (secondary N) is 2. The highest BCUT2D eigenvalue weighted by Crippen LogP contribution is 2.22. The number of hydrogen-bond donors (Lipinski definition) is 2. The third-order valence-corrected chi connectivity index (χ3v) is 4.49. The lowest BCUT2D eigenvalue weighted by Crippen LogP contribution is -2.43. The summed E-state index contributed by atoms with van der Waals surface area (Å²) in [6, 6.07) is 5.28. The number of carbonyl (C=O) groups is 1. The van der Waals surface area contributed by atoms with Crippen LogP contribution in [0.15, 0.2) is 23.0 Å².